The fourth-order valence-corrected chi connectivity index (χ4v) is 1.92. The summed E-state index contributed by atoms with van der Waals surface area (Å²) >= 11 is 10.4. The molecule has 0 radical (unpaired) electrons. The standard InChI is InChI=1S/C11H5ClF4N2S/c12-7-3-5(13)1-2-6(7)8-4-9(11(14,15)16)18-10(19)17-8/h1-4H,(H,17,18,19). The molecule has 2 nitrogen and oxygen atoms in total. The van der Waals surface area contributed by atoms with E-state index in [1.165, 1.54) is 6.07 Å². The van der Waals surface area contributed by atoms with Crippen LogP contribution in [0, 0.1) is 10.6 Å². The minimum absolute atomic E-state index is 0.0405. The van der Waals surface area contributed by atoms with E-state index in [2.05, 4.69) is 17.2 Å². The summed E-state index contributed by atoms with van der Waals surface area (Å²) in [6.07, 6.45) is -4.59. The van der Waals surface area contributed by atoms with Crippen molar-refractivity contribution < 1.29 is 17.6 Å². The van der Waals surface area contributed by atoms with E-state index in [1.807, 2.05) is 4.98 Å². The fraction of sp³-hybridized carbons (Fsp3) is 0.0909. The van der Waals surface area contributed by atoms with Gasteiger partial charge in [-0.3, -0.25) is 0 Å². The molecule has 0 spiro atoms. The van der Waals surface area contributed by atoms with Gasteiger partial charge in [0.1, 0.15) is 11.5 Å². The minimum Gasteiger partial charge on any atom is -0.327 e. The molecule has 0 saturated heterocycles. The molecule has 0 atom stereocenters. The lowest BCUT2D eigenvalue weighted by Gasteiger charge is -2.09. The molecule has 0 unspecified atom stereocenters. The summed E-state index contributed by atoms with van der Waals surface area (Å²) in [5.41, 5.74) is -0.933. The van der Waals surface area contributed by atoms with Gasteiger partial charge in [-0.1, -0.05) is 11.6 Å². The minimum atomic E-state index is -4.59. The maximum absolute atomic E-state index is 12.9. The average Bonchev–Trinajstić information content (AvgIpc) is 2.26. The SMILES string of the molecule is Fc1ccc(-c2cc(C(F)(F)F)[nH]c(=S)n2)c(Cl)c1. The Bertz CT molecular complexity index is 681. The summed E-state index contributed by atoms with van der Waals surface area (Å²) in [4.78, 5) is 5.71. The van der Waals surface area contributed by atoms with Crippen molar-refractivity contribution in [3.8, 4) is 11.3 Å². The van der Waals surface area contributed by atoms with Crippen LogP contribution < -0.4 is 0 Å². The Morgan fingerprint density at radius 1 is 1.21 bits per heavy atom. The molecule has 2 rings (SSSR count). The summed E-state index contributed by atoms with van der Waals surface area (Å²) in [6, 6.07) is 4.09. The molecule has 1 aromatic carbocycles. The number of nitrogens with one attached hydrogen (secondary N) is 1. The smallest absolute Gasteiger partial charge is 0.327 e. The predicted octanol–water partition coefficient (Wildman–Crippen LogP) is 4.62. The van der Waals surface area contributed by atoms with Gasteiger partial charge in [0.2, 0.25) is 0 Å². The molecule has 1 aromatic heterocycles. The summed E-state index contributed by atoms with van der Waals surface area (Å²) in [7, 11) is 0. The quantitative estimate of drug-likeness (QED) is 0.615. The lowest BCUT2D eigenvalue weighted by molar-refractivity contribution is -0.141. The molecular weight excluding hydrogens is 304 g/mol. The Hall–Kier alpha value is -1.47. The van der Waals surface area contributed by atoms with E-state index in [0.29, 0.717) is 0 Å². The molecule has 0 saturated carbocycles. The van der Waals surface area contributed by atoms with Gasteiger partial charge >= 0.3 is 6.18 Å². The normalized spacial score (nSPS) is 11.6. The molecule has 0 fully saturated rings. The lowest BCUT2D eigenvalue weighted by atomic mass is 10.1. The van der Waals surface area contributed by atoms with Gasteiger partial charge in [0.05, 0.1) is 10.7 Å². The maximum atomic E-state index is 12.9. The number of benzene rings is 1. The number of aromatic nitrogens is 2. The molecule has 0 aliphatic heterocycles. The molecule has 0 amide bonds. The van der Waals surface area contributed by atoms with E-state index < -0.39 is 17.7 Å². The molecule has 0 aliphatic carbocycles. The molecule has 1 N–H and O–H groups in total. The maximum Gasteiger partial charge on any atom is 0.431 e. The van der Waals surface area contributed by atoms with Crippen molar-refractivity contribution in [1.29, 1.82) is 0 Å². The van der Waals surface area contributed by atoms with Crippen molar-refractivity contribution in [1.82, 2.24) is 9.97 Å². The van der Waals surface area contributed by atoms with Gasteiger partial charge in [-0.2, -0.15) is 13.2 Å². The third kappa shape index (κ3) is 3.10. The van der Waals surface area contributed by atoms with Gasteiger partial charge in [-0.25, -0.2) is 9.37 Å². The molecule has 1 heterocycles. The number of hydrogen-bond donors (Lipinski definition) is 1. The zero-order chi connectivity index (χ0) is 14.2. The number of hydrogen-bond acceptors (Lipinski definition) is 2. The van der Waals surface area contributed by atoms with Crippen molar-refractivity contribution in [3.05, 3.63) is 45.6 Å². The summed E-state index contributed by atoms with van der Waals surface area (Å²) in [6.45, 7) is 0. The van der Waals surface area contributed by atoms with Crippen molar-refractivity contribution in [2.45, 2.75) is 6.18 Å². The summed E-state index contributed by atoms with van der Waals surface area (Å²) in [5.74, 6) is -0.592. The monoisotopic (exact) mass is 308 g/mol. The van der Waals surface area contributed by atoms with Gasteiger partial charge in [-0.15, -0.1) is 0 Å². The van der Waals surface area contributed by atoms with Crippen molar-refractivity contribution in [2.75, 3.05) is 0 Å². The first-order valence-electron chi connectivity index (χ1n) is 4.91. The summed E-state index contributed by atoms with van der Waals surface area (Å²) in [5, 5.41) is -0.0405. The van der Waals surface area contributed by atoms with E-state index >= 15 is 0 Å². The Morgan fingerprint density at radius 3 is 2.47 bits per heavy atom. The van der Waals surface area contributed by atoms with Crippen molar-refractivity contribution in [3.63, 3.8) is 0 Å². The largest absolute Gasteiger partial charge is 0.431 e. The number of halogens is 5. The highest BCUT2D eigenvalue weighted by molar-refractivity contribution is 7.71. The van der Waals surface area contributed by atoms with Crippen LogP contribution in [0.5, 0.6) is 0 Å². The number of alkyl halides is 3. The highest BCUT2D eigenvalue weighted by Crippen LogP contribution is 2.32. The van der Waals surface area contributed by atoms with E-state index in [4.69, 9.17) is 11.6 Å². The highest BCUT2D eigenvalue weighted by atomic mass is 35.5. The Labute approximate surface area is 115 Å². The molecule has 0 aliphatic rings. The molecule has 19 heavy (non-hydrogen) atoms. The van der Waals surface area contributed by atoms with Crippen LogP contribution in [0.2, 0.25) is 5.02 Å². The van der Waals surface area contributed by atoms with Crippen LogP contribution in [0.15, 0.2) is 24.3 Å². The Morgan fingerprint density at radius 2 is 1.89 bits per heavy atom. The van der Waals surface area contributed by atoms with Crippen LogP contribution in [0.1, 0.15) is 5.69 Å². The average molecular weight is 309 g/mol. The molecule has 0 bridgehead atoms. The van der Waals surface area contributed by atoms with Gasteiger partial charge in [0.25, 0.3) is 0 Å². The Balaban J connectivity index is 2.63. The van der Waals surface area contributed by atoms with Crippen LogP contribution in [-0.2, 0) is 6.18 Å². The van der Waals surface area contributed by atoms with Gasteiger partial charge < -0.3 is 4.98 Å². The fourth-order valence-electron chi connectivity index (χ4n) is 1.45. The highest BCUT2D eigenvalue weighted by Gasteiger charge is 2.32. The number of aromatic amines is 1. The summed E-state index contributed by atoms with van der Waals surface area (Å²) < 4.78 is 50.5. The number of rotatable bonds is 1. The third-order valence-corrected chi connectivity index (χ3v) is 2.76. The number of nitrogens with zero attached hydrogens (tertiary/aromatic N) is 1. The van der Waals surface area contributed by atoms with E-state index in [-0.39, 0.29) is 21.1 Å². The zero-order valence-corrected chi connectivity index (χ0v) is 10.6. The van der Waals surface area contributed by atoms with Crippen LogP contribution in [-0.4, -0.2) is 9.97 Å². The van der Waals surface area contributed by atoms with Gasteiger partial charge in [0.15, 0.2) is 4.77 Å². The van der Waals surface area contributed by atoms with Crippen LogP contribution in [0.25, 0.3) is 11.3 Å². The Kier molecular flexibility index (Phi) is 3.60. The lowest BCUT2D eigenvalue weighted by Crippen LogP contribution is -2.09. The second-order valence-electron chi connectivity index (χ2n) is 3.61. The molecule has 100 valence electrons. The molecular formula is C11H5ClF4N2S. The van der Waals surface area contributed by atoms with Crippen molar-refractivity contribution in [2.24, 2.45) is 0 Å². The topological polar surface area (TPSA) is 28.7 Å². The first-order valence-corrected chi connectivity index (χ1v) is 5.70. The van der Waals surface area contributed by atoms with E-state index in [9.17, 15) is 17.6 Å². The second-order valence-corrected chi connectivity index (χ2v) is 4.40. The molecule has 8 heteroatoms. The van der Waals surface area contributed by atoms with Crippen LogP contribution in [0.3, 0.4) is 0 Å². The van der Waals surface area contributed by atoms with Crippen LogP contribution in [0.4, 0.5) is 17.6 Å². The van der Waals surface area contributed by atoms with Crippen LogP contribution >= 0.6 is 23.8 Å². The first kappa shape index (κ1) is 14.0. The number of H-pyrrole nitrogens is 1. The first-order chi connectivity index (χ1) is 8.77. The predicted molar refractivity (Wildman–Crippen MR) is 64.8 cm³/mol. The molecule has 2 aromatic rings. The third-order valence-electron chi connectivity index (χ3n) is 2.26. The second kappa shape index (κ2) is 4.90. The van der Waals surface area contributed by atoms with E-state index in [1.54, 1.807) is 0 Å². The van der Waals surface area contributed by atoms with Gasteiger partial charge in [-0.05, 0) is 36.5 Å². The van der Waals surface area contributed by atoms with E-state index in [0.717, 1.165) is 18.2 Å². The van der Waals surface area contributed by atoms with Gasteiger partial charge in [0, 0.05) is 5.56 Å². The zero-order valence-electron chi connectivity index (χ0n) is 9.05. The van der Waals surface area contributed by atoms with Crippen molar-refractivity contribution >= 4 is 23.8 Å².